The molecule has 2 aromatic carbocycles. The summed E-state index contributed by atoms with van der Waals surface area (Å²) in [5.41, 5.74) is 10.5. The van der Waals surface area contributed by atoms with Crippen molar-refractivity contribution in [3.05, 3.63) is 58.6 Å². The molecule has 0 aliphatic rings. The maximum atomic E-state index is 5.98. The van der Waals surface area contributed by atoms with Gasteiger partial charge in [0.2, 0.25) is 0 Å². The Balaban J connectivity index is 2.44. The lowest BCUT2D eigenvalue weighted by atomic mass is 9.98. The predicted octanol–water partition coefficient (Wildman–Crippen LogP) is 4.03. The highest BCUT2D eigenvalue weighted by Gasteiger charge is 2.04. The van der Waals surface area contributed by atoms with E-state index < -0.39 is 0 Å². The average Bonchev–Trinajstić information content (AvgIpc) is 2.39. The van der Waals surface area contributed by atoms with Gasteiger partial charge in [-0.1, -0.05) is 48.9 Å². The number of hydrogen-bond acceptors (Lipinski definition) is 1. The lowest BCUT2D eigenvalue weighted by Gasteiger charge is -2.09. The highest BCUT2D eigenvalue weighted by molar-refractivity contribution is 6.30. The first-order chi connectivity index (χ1) is 8.24. The molecule has 2 rings (SSSR count). The lowest BCUT2D eigenvalue weighted by molar-refractivity contribution is 1.07. The van der Waals surface area contributed by atoms with E-state index in [-0.39, 0.29) is 0 Å². The summed E-state index contributed by atoms with van der Waals surface area (Å²) >= 11 is 5.98. The van der Waals surface area contributed by atoms with Gasteiger partial charge in [0, 0.05) is 11.6 Å². The first kappa shape index (κ1) is 12.2. The quantitative estimate of drug-likeness (QED) is 0.868. The summed E-state index contributed by atoms with van der Waals surface area (Å²) in [7, 11) is 0. The van der Waals surface area contributed by atoms with E-state index in [1.807, 2.05) is 18.2 Å². The fourth-order valence-electron chi connectivity index (χ4n) is 1.93. The Hall–Kier alpha value is -1.31. The Bertz CT molecular complexity index is 503. The Labute approximate surface area is 107 Å². The molecular weight excluding hydrogens is 230 g/mol. The van der Waals surface area contributed by atoms with Crippen LogP contribution in [0.15, 0.2) is 42.5 Å². The van der Waals surface area contributed by atoms with E-state index in [0.29, 0.717) is 6.54 Å². The Kier molecular flexibility index (Phi) is 3.82. The van der Waals surface area contributed by atoms with Gasteiger partial charge in [-0.2, -0.15) is 0 Å². The molecule has 0 saturated heterocycles. The maximum Gasteiger partial charge on any atom is 0.0409 e. The summed E-state index contributed by atoms with van der Waals surface area (Å²) in [6.07, 6.45) is 1.06. The van der Waals surface area contributed by atoms with Crippen molar-refractivity contribution in [3.63, 3.8) is 0 Å². The average molecular weight is 246 g/mol. The molecule has 0 bridgehead atoms. The third kappa shape index (κ3) is 2.68. The first-order valence-electron chi connectivity index (χ1n) is 5.82. The van der Waals surface area contributed by atoms with Gasteiger partial charge in [-0.15, -0.1) is 0 Å². The van der Waals surface area contributed by atoms with Crippen molar-refractivity contribution < 1.29 is 0 Å². The molecule has 0 saturated carbocycles. The van der Waals surface area contributed by atoms with Crippen molar-refractivity contribution in [2.45, 2.75) is 19.9 Å². The Morgan fingerprint density at radius 2 is 1.76 bits per heavy atom. The number of aryl methyl sites for hydroxylation is 1. The minimum absolute atomic E-state index is 0.505. The smallest absolute Gasteiger partial charge is 0.0409 e. The van der Waals surface area contributed by atoms with Crippen LogP contribution >= 0.6 is 11.6 Å². The largest absolute Gasteiger partial charge is 0.326 e. The summed E-state index contributed by atoms with van der Waals surface area (Å²) in [6.45, 7) is 2.66. The lowest BCUT2D eigenvalue weighted by Crippen LogP contribution is -1.99. The van der Waals surface area contributed by atoms with Crippen LogP contribution in [0.5, 0.6) is 0 Å². The van der Waals surface area contributed by atoms with Gasteiger partial charge < -0.3 is 5.73 Å². The second kappa shape index (κ2) is 5.35. The zero-order valence-electron chi connectivity index (χ0n) is 9.91. The fourth-order valence-corrected chi connectivity index (χ4v) is 2.13. The monoisotopic (exact) mass is 245 g/mol. The number of hydrogen-bond donors (Lipinski definition) is 1. The van der Waals surface area contributed by atoms with Crippen LogP contribution in [-0.4, -0.2) is 0 Å². The molecule has 2 heteroatoms. The molecule has 0 aromatic heterocycles. The first-order valence-corrected chi connectivity index (χ1v) is 6.20. The predicted molar refractivity (Wildman–Crippen MR) is 74.2 cm³/mol. The number of nitrogens with two attached hydrogens (primary N) is 1. The van der Waals surface area contributed by atoms with Crippen LogP contribution in [-0.2, 0) is 13.0 Å². The highest BCUT2D eigenvalue weighted by atomic mass is 35.5. The molecule has 0 radical (unpaired) electrons. The molecule has 0 amide bonds. The molecule has 0 fully saturated rings. The zero-order valence-corrected chi connectivity index (χ0v) is 10.7. The standard InChI is InChI=1S/C15H16ClN/c1-2-11-3-5-12(6-4-11)15-8-7-14(16)9-13(15)10-17/h3-9H,2,10,17H2,1H3. The SMILES string of the molecule is CCc1ccc(-c2ccc(Cl)cc2CN)cc1. The van der Waals surface area contributed by atoms with Gasteiger partial charge in [0.15, 0.2) is 0 Å². The third-order valence-electron chi connectivity index (χ3n) is 2.96. The molecule has 0 unspecified atom stereocenters. The van der Waals surface area contributed by atoms with Crippen LogP contribution in [0.3, 0.4) is 0 Å². The van der Waals surface area contributed by atoms with Gasteiger partial charge >= 0.3 is 0 Å². The molecular formula is C15H16ClN. The van der Waals surface area contributed by atoms with E-state index in [1.54, 1.807) is 0 Å². The van der Waals surface area contributed by atoms with Crippen molar-refractivity contribution in [1.29, 1.82) is 0 Å². The summed E-state index contributed by atoms with van der Waals surface area (Å²) in [6, 6.07) is 14.5. The molecule has 2 aromatic rings. The number of halogens is 1. The van der Waals surface area contributed by atoms with Crippen molar-refractivity contribution in [3.8, 4) is 11.1 Å². The highest BCUT2D eigenvalue weighted by Crippen LogP contribution is 2.26. The molecule has 0 aliphatic carbocycles. The minimum Gasteiger partial charge on any atom is -0.326 e. The summed E-state index contributed by atoms with van der Waals surface area (Å²) in [5, 5.41) is 0.736. The Morgan fingerprint density at radius 3 is 2.35 bits per heavy atom. The molecule has 0 aliphatic heterocycles. The number of rotatable bonds is 3. The molecule has 0 atom stereocenters. The zero-order chi connectivity index (χ0) is 12.3. The normalized spacial score (nSPS) is 10.5. The topological polar surface area (TPSA) is 26.0 Å². The van der Waals surface area contributed by atoms with Crippen molar-refractivity contribution >= 4 is 11.6 Å². The van der Waals surface area contributed by atoms with Crippen molar-refractivity contribution in [1.82, 2.24) is 0 Å². The van der Waals surface area contributed by atoms with Crippen molar-refractivity contribution in [2.75, 3.05) is 0 Å². The second-order valence-corrected chi connectivity index (χ2v) is 4.49. The molecule has 0 spiro atoms. The summed E-state index contributed by atoms with van der Waals surface area (Å²) in [4.78, 5) is 0. The minimum atomic E-state index is 0.505. The van der Waals surface area contributed by atoms with Gasteiger partial charge in [-0.05, 0) is 40.8 Å². The van der Waals surface area contributed by atoms with Gasteiger partial charge in [0.25, 0.3) is 0 Å². The fraction of sp³-hybridized carbons (Fsp3) is 0.200. The van der Waals surface area contributed by atoms with Crippen LogP contribution in [0.1, 0.15) is 18.1 Å². The van der Waals surface area contributed by atoms with Crippen LogP contribution in [0, 0.1) is 0 Å². The van der Waals surface area contributed by atoms with E-state index in [4.69, 9.17) is 17.3 Å². The maximum absolute atomic E-state index is 5.98. The van der Waals surface area contributed by atoms with E-state index in [1.165, 1.54) is 16.7 Å². The van der Waals surface area contributed by atoms with Gasteiger partial charge in [0.1, 0.15) is 0 Å². The summed E-state index contributed by atoms with van der Waals surface area (Å²) < 4.78 is 0. The van der Waals surface area contributed by atoms with Crippen LogP contribution in [0.2, 0.25) is 5.02 Å². The van der Waals surface area contributed by atoms with E-state index in [2.05, 4.69) is 31.2 Å². The molecule has 0 heterocycles. The molecule has 17 heavy (non-hydrogen) atoms. The van der Waals surface area contributed by atoms with Gasteiger partial charge in [0.05, 0.1) is 0 Å². The van der Waals surface area contributed by atoms with Gasteiger partial charge in [-0.3, -0.25) is 0 Å². The van der Waals surface area contributed by atoms with Crippen molar-refractivity contribution in [2.24, 2.45) is 5.73 Å². The van der Waals surface area contributed by atoms with Gasteiger partial charge in [-0.25, -0.2) is 0 Å². The van der Waals surface area contributed by atoms with E-state index >= 15 is 0 Å². The molecule has 2 N–H and O–H groups in total. The van der Waals surface area contributed by atoms with Crippen LogP contribution in [0.4, 0.5) is 0 Å². The molecule has 88 valence electrons. The number of benzene rings is 2. The van der Waals surface area contributed by atoms with E-state index in [9.17, 15) is 0 Å². The second-order valence-electron chi connectivity index (χ2n) is 4.06. The van der Waals surface area contributed by atoms with Crippen LogP contribution in [0.25, 0.3) is 11.1 Å². The van der Waals surface area contributed by atoms with E-state index in [0.717, 1.165) is 17.0 Å². The third-order valence-corrected chi connectivity index (χ3v) is 3.20. The molecule has 1 nitrogen and oxygen atoms in total. The van der Waals surface area contributed by atoms with Crippen LogP contribution < -0.4 is 5.73 Å². The summed E-state index contributed by atoms with van der Waals surface area (Å²) in [5.74, 6) is 0. The Morgan fingerprint density at radius 1 is 1.06 bits per heavy atom.